The van der Waals surface area contributed by atoms with Crippen LogP contribution in [0.25, 0.3) is 0 Å². The minimum Gasteiger partial charge on any atom is -0.507 e. The summed E-state index contributed by atoms with van der Waals surface area (Å²) in [5, 5.41) is 69.1. The van der Waals surface area contributed by atoms with Crippen LogP contribution in [-0.4, -0.2) is 84.6 Å². The van der Waals surface area contributed by atoms with Crippen molar-refractivity contribution in [3.05, 3.63) is 97.6 Å². The Hall–Kier alpha value is -4.57. The molecule has 1 aliphatic heterocycles. The Bertz CT molecular complexity index is 1790. The fraction of sp³-hybridized carbons (Fsp3) is 0.364. The summed E-state index contributed by atoms with van der Waals surface area (Å²) in [6.45, 7) is 0.788. The second kappa shape index (κ2) is 12.2. The van der Waals surface area contributed by atoms with Gasteiger partial charge in [0.15, 0.2) is 23.6 Å². The Labute approximate surface area is 267 Å². The van der Waals surface area contributed by atoms with Crippen LogP contribution in [-0.2, 0) is 27.2 Å². The molecule has 0 amide bonds. The molecule has 1 heterocycles. The van der Waals surface area contributed by atoms with Gasteiger partial charge in [0, 0.05) is 66.2 Å². The van der Waals surface area contributed by atoms with E-state index < -0.39 is 101 Å². The number of phenols is 2. The summed E-state index contributed by atoms with van der Waals surface area (Å²) in [4.78, 5) is 50.3. The van der Waals surface area contributed by atoms with Gasteiger partial charge in [0.1, 0.15) is 23.7 Å². The zero-order valence-corrected chi connectivity index (χ0v) is 25.1. The number of fused-ring (bicyclic) bond motifs is 3. The summed E-state index contributed by atoms with van der Waals surface area (Å²) >= 11 is 0. The van der Waals surface area contributed by atoms with Crippen LogP contribution in [0.2, 0.25) is 0 Å². The quantitative estimate of drug-likeness (QED) is 0.0910. The van der Waals surface area contributed by atoms with E-state index in [0.717, 1.165) is 0 Å². The highest BCUT2D eigenvalue weighted by atomic mass is 16.7. The first-order valence-corrected chi connectivity index (χ1v) is 15.0. The number of nitrogens with one attached hydrogen (secondary N) is 1. The Balaban J connectivity index is 1.34. The number of carbonyl (C=O) groups excluding carboxylic acids is 3. The van der Waals surface area contributed by atoms with Gasteiger partial charge in [-0.25, -0.2) is 0 Å². The lowest BCUT2D eigenvalue weighted by atomic mass is 9.72. The molecule has 2 aliphatic carbocycles. The molecule has 246 valence electrons. The normalized spacial score (nSPS) is 26.7. The van der Waals surface area contributed by atoms with Gasteiger partial charge in [0.05, 0.1) is 34.4 Å². The Kier molecular flexibility index (Phi) is 8.42. The molecule has 3 aromatic rings. The number of rotatable bonds is 8. The number of hydrogen-bond acceptors (Lipinski definition) is 13. The molecule has 1 saturated heterocycles. The third-order valence-corrected chi connectivity index (χ3v) is 9.17. The first-order valence-electron chi connectivity index (χ1n) is 15.0. The van der Waals surface area contributed by atoms with Crippen molar-refractivity contribution < 1.29 is 54.3 Å². The molecule has 0 saturated carbocycles. The summed E-state index contributed by atoms with van der Waals surface area (Å²) in [5.74, 6) is -3.78. The van der Waals surface area contributed by atoms with Crippen LogP contribution in [0, 0.1) is 10.1 Å². The average molecular weight is 649 g/mol. The average Bonchev–Trinajstić information content (AvgIpc) is 3.05. The highest BCUT2D eigenvalue weighted by Gasteiger charge is 2.50. The van der Waals surface area contributed by atoms with E-state index in [1.165, 1.54) is 24.3 Å². The van der Waals surface area contributed by atoms with Crippen molar-refractivity contribution in [3.8, 4) is 11.5 Å². The first-order chi connectivity index (χ1) is 22.3. The molecule has 1 fully saturated rings. The van der Waals surface area contributed by atoms with E-state index in [0.29, 0.717) is 5.56 Å². The maximum absolute atomic E-state index is 13.6. The van der Waals surface area contributed by atoms with Crippen molar-refractivity contribution >= 4 is 23.0 Å². The summed E-state index contributed by atoms with van der Waals surface area (Å²) in [6, 6.07) is 11.2. The second-order valence-electron chi connectivity index (χ2n) is 12.1. The summed E-state index contributed by atoms with van der Waals surface area (Å²) in [6.07, 6.45) is -5.34. The number of non-ortho nitro benzene ring substituents is 1. The van der Waals surface area contributed by atoms with Crippen LogP contribution in [0.3, 0.4) is 0 Å². The predicted octanol–water partition coefficient (Wildman–Crippen LogP) is 1.73. The maximum atomic E-state index is 13.6. The Morgan fingerprint density at radius 3 is 2.28 bits per heavy atom. The molecule has 0 unspecified atom stereocenters. The molecule has 3 aromatic carbocycles. The standard InChI is InChI=1S/C33H32N2O12/c1-15-28(38)21(34-13-16-6-8-17(9-7-16)35(44)45)10-24(46-15)47-22-12-33(43,23(37)14-36)11-20-25(22)32(42)27-26(31(20)41)29(39)18-4-2-3-5-19(18)30(27)40/h2-9,15,21-22,24,28,34,36,38,41-43H,10-14H2,1H3/t15-,21-,22-,24-,28+,33-/m0/s1. The van der Waals surface area contributed by atoms with E-state index in [-0.39, 0.29) is 40.9 Å². The number of aliphatic hydroxyl groups is 3. The Morgan fingerprint density at radius 2 is 1.68 bits per heavy atom. The van der Waals surface area contributed by atoms with Gasteiger partial charge >= 0.3 is 0 Å². The summed E-state index contributed by atoms with van der Waals surface area (Å²) < 4.78 is 12.1. The summed E-state index contributed by atoms with van der Waals surface area (Å²) in [7, 11) is 0. The first kappa shape index (κ1) is 32.4. The van der Waals surface area contributed by atoms with Crippen LogP contribution in [0.5, 0.6) is 11.5 Å². The number of hydrogen-bond donors (Lipinski definition) is 6. The lowest BCUT2D eigenvalue weighted by Gasteiger charge is -2.43. The van der Waals surface area contributed by atoms with Crippen molar-refractivity contribution in [1.82, 2.24) is 5.32 Å². The SMILES string of the molecule is C[C@@H]1O[C@@H](O[C@H]2C[C@](O)(C(=O)CO)Cc3c(O)c4c(c(O)c32)C(=O)c2ccccc2C4=O)C[C@H](NCc2ccc([N+](=O)[O-])cc2)[C@@H]1O. The van der Waals surface area contributed by atoms with E-state index in [4.69, 9.17) is 9.47 Å². The zero-order valence-electron chi connectivity index (χ0n) is 25.1. The zero-order chi connectivity index (χ0) is 33.8. The molecule has 6 rings (SSSR count). The van der Waals surface area contributed by atoms with Crippen molar-refractivity contribution in [3.63, 3.8) is 0 Å². The molecule has 0 spiro atoms. The number of nitrogens with zero attached hydrogens (tertiary/aromatic N) is 1. The highest BCUT2D eigenvalue weighted by molar-refractivity contribution is 6.30. The smallest absolute Gasteiger partial charge is 0.269 e. The van der Waals surface area contributed by atoms with Crippen LogP contribution >= 0.6 is 0 Å². The summed E-state index contributed by atoms with van der Waals surface area (Å²) in [5.41, 5.74) is -2.81. The number of phenolic OH excluding ortho intramolecular Hbond substituents is 2. The lowest BCUT2D eigenvalue weighted by molar-refractivity contribution is -0.384. The number of Topliss-reactive ketones (excluding diaryl/α,β-unsaturated/α-hetero) is 1. The fourth-order valence-electron chi connectivity index (χ4n) is 6.67. The molecule has 6 atom stereocenters. The number of benzene rings is 3. The second-order valence-corrected chi connectivity index (χ2v) is 12.1. The molecule has 0 bridgehead atoms. The molecule has 0 aromatic heterocycles. The monoisotopic (exact) mass is 648 g/mol. The minimum atomic E-state index is -2.28. The van der Waals surface area contributed by atoms with Gasteiger partial charge in [-0.1, -0.05) is 36.4 Å². The van der Waals surface area contributed by atoms with Crippen molar-refractivity contribution in [2.24, 2.45) is 0 Å². The van der Waals surface area contributed by atoms with Crippen molar-refractivity contribution in [1.29, 1.82) is 0 Å². The molecular formula is C33H32N2O12. The number of nitro benzene ring substituents is 1. The van der Waals surface area contributed by atoms with Crippen LogP contribution in [0.15, 0.2) is 48.5 Å². The lowest BCUT2D eigenvalue weighted by Crippen LogP contribution is -2.54. The maximum Gasteiger partial charge on any atom is 0.269 e. The molecule has 6 N–H and O–H groups in total. The van der Waals surface area contributed by atoms with Gasteiger partial charge in [-0.2, -0.15) is 0 Å². The molecule has 14 nitrogen and oxygen atoms in total. The van der Waals surface area contributed by atoms with E-state index in [2.05, 4.69) is 5.32 Å². The largest absolute Gasteiger partial charge is 0.507 e. The third-order valence-electron chi connectivity index (χ3n) is 9.17. The number of aliphatic hydroxyl groups excluding tert-OH is 2. The predicted molar refractivity (Wildman–Crippen MR) is 161 cm³/mol. The molecule has 3 aliphatic rings. The third kappa shape index (κ3) is 5.58. The van der Waals surface area contributed by atoms with Crippen LogP contribution in [0.1, 0.15) is 74.4 Å². The number of nitro groups is 1. The van der Waals surface area contributed by atoms with E-state index >= 15 is 0 Å². The Morgan fingerprint density at radius 1 is 1.06 bits per heavy atom. The topological polar surface area (TPSA) is 226 Å². The van der Waals surface area contributed by atoms with Gasteiger partial charge in [0.25, 0.3) is 5.69 Å². The van der Waals surface area contributed by atoms with E-state index in [1.54, 1.807) is 31.2 Å². The number of ketones is 3. The van der Waals surface area contributed by atoms with Gasteiger partial charge < -0.3 is 40.3 Å². The van der Waals surface area contributed by atoms with Gasteiger partial charge in [0.2, 0.25) is 0 Å². The molecule has 47 heavy (non-hydrogen) atoms. The van der Waals surface area contributed by atoms with Gasteiger partial charge in [-0.15, -0.1) is 0 Å². The van der Waals surface area contributed by atoms with Crippen LogP contribution in [0.4, 0.5) is 5.69 Å². The van der Waals surface area contributed by atoms with E-state index in [9.17, 15) is 50.0 Å². The van der Waals surface area contributed by atoms with Gasteiger partial charge in [-0.05, 0) is 12.5 Å². The molecule has 14 heteroatoms. The van der Waals surface area contributed by atoms with Crippen LogP contribution < -0.4 is 5.32 Å². The highest BCUT2D eigenvalue weighted by Crippen LogP contribution is 2.52. The molecular weight excluding hydrogens is 616 g/mol. The number of carbonyl (C=O) groups is 3. The van der Waals surface area contributed by atoms with Gasteiger partial charge in [-0.3, -0.25) is 24.5 Å². The van der Waals surface area contributed by atoms with Crippen molar-refractivity contribution in [2.45, 2.75) is 69.0 Å². The number of aromatic hydroxyl groups is 2. The van der Waals surface area contributed by atoms with Crippen molar-refractivity contribution in [2.75, 3.05) is 6.61 Å². The number of ether oxygens (including phenoxy) is 2. The van der Waals surface area contributed by atoms with E-state index in [1.807, 2.05) is 0 Å². The molecule has 0 radical (unpaired) electrons. The fourth-order valence-corrected chi connectivity index (χ4v) is 6.67. The minimum absolute atomic E-state index is 0.0142.